The highest BCUT2D eigenvalue weighted by molar-refractivity contribution is 5.72. The maximum atomic E-state index is 11.0. The molecule has 1 aliphatic heterocycles. The highest BCUT2D eigenvalue weighted by Gasteiger charge is 2.28. The maximum Gasteiger partial charge on any atom is 0.320 e. The van der Waals surface area contributed by atoms with Crippen LogP contribution in [0.25, 0.3) is 0 Å². The molecule has 0 aromatic carbocycles. The Morgan fingerprint density at radius 3 is 2.61 bits per heavy atom. The summed E-state index contributed by atoms with van der Waals surface area (Å²) in [6.07, 6.45) is 0.878. The first-order valence-corrected chi connectivity index (χ1v) is 6.43. The summed E-state index contributed by atoms with van der Waals surface area (Å²) in [6, 6.07) is -0.442. The highest BCUT2D eigenvalue weighted by atomic mass is 16.4. The Balaban J connectivity index is 2.25. The molecule has 0 radical (unpaired) electrons. The minimum atomic E-state index is -0.765. The van der Waals surface area contributed by atoms with Gasteiger partial charge >= 0.3 is 5.97 Å². The van der Waals surface area contributed by atoms with Crippen LogP contribution in [0.5, 0.6) is 0 Å². The van der Waals surface area contributed by atoms with Crippen LogP contribution in [0.1, 0.15) is 43.9 Å². The fourth-order valence-corrected chi connectivity index (χ4v) is 2.57. The lowest BCUT2D eigenvalue weighted by Gasteiger charge is -2.29. The predicted octanol–water partition coefficient (Wildman–Crippen LogP) is 1.37. The van der Waals surface area contributed by atoms with Crippen molar-refractivity contribution in [1.29, 1.82) is 0 Å². The molecular formula is C13H21N3O2. The van der Waals surface area contributed by atoms with E-state index in [9.17, 15) is 4.79 Å². The summed E-state index contributed by atoms with van der Waals surface area (Å²) in [5.41, 5.74) is 2.30. The molecule has 0 aliphatic carbocycles. The number of carbonyl (C=O) groups is 1. The van der Waals surface area contributed by atoms with Gasteiger partial charge in [0, 0.05) is 38.2 Å². The van der Waals surface area contributed by atoms with Gasteiger partial charge in [0.2, 0.25) is 0 Å². The second kappa shape index (κ2) is 4.72. The van der Waals surface area contributed by atoms with E-state index in [1.807, 2.05) is 4.90 Å². The smallest absolute Gasteiger partial charge is 0.320 e. The normalized spacial score (nSPS) is 17.8. The standard InChI is InChI=1S/C13H21N3O2/c1-8(2)12-14-10-7-16(9(3)13(17)18)6-5-11(10)15(12)4/h8-9H,5-7H2,1-4H3,(H,17,18). The fraction of sp³-hybridized carbons (Fsp3) is 0.692. The van der Waals surface area contributed by atoms with Crippen LogP contribution in [0.3, 0.4) is 0 Å². The van der Waals surface area contributed by atoms with Crippen molar-refractivity contribution in [2.24, 2.45) is 7.05 Å². The van der Waals surface area contributed by atoms with E-state index >= 15 is 0 Å². The topological polar surface area (TPSA) is 58.4 Å². The molecule has 0 bridgehead atoms. The van der Waals surface area contributed by atoms with Gasteiger partial charge in [0.05, 0.1) is 5.69 Å². The molecule has 100 valence electrons. The van der Waals surface area contributed by atoms with Crippen LogP contribution in [0.4, 0.5) is 0 Å². The molecule has 1 atom stereocenters. The molecule has 1 N–H and O–H groups in total. The molecule has 2 rings (SSSR count). The number of carboxylic acid groups (broad SMARTS) is 1. The summed E-state index contributed by atoms with van der Waals surface area (Å²) < 4.78 is 2.17. The van der Waals surface area contributed by atoms with Gasteiger partial charge in [-0.05, 0) is 6.92 Å². The average Bonchev–Trinajstić information content (AvgIpc) is 2.65. The van der Waals surface area contributed by atoms with Crippen LogP contribution in [0.15, 0.2) is 0 Å². The van der Waals surface area contributed by atoms with Crippen molar-refractivity contribution in [2.45, 2.75) is 45.7 Å². The number of imidazole rings is 1. The summed E-state index contributed by atoms with van der Waals surface area (Å²) in [4.78, 5) is 17.7. The molecule has 5 nitrogen and oxygen atoms in total. The zero-order valence-electron chi connectivity index (χ0n) is 11.5. The number of aromatic nitrogens is 2. The van der Waals surface area contributed by atoms with Crippen LogP contribution < -0.4 is 0 Å². The molecule has 1 unspecified atom stereocenters. The molecule has 1 aliphatic rings. The molecule has 2 heterocycles. The third-order valence-corrected chi connectivity index (χ3v) is 3.74. The monoisotopic (exact) mass is 251 g/mol. The van der Waals surface area contributed by atoms with Gasteiger partial charge in [-0.1, -0.05) is 13.8 Å². The molecule has 0 fully saturated rings. The molecule has 0 saturated heterocycles. The van der Waals surface area contributed by atoms with E-state index in [0.717, 1.165) is 24.5 Å². The van der Waals surface area contributed by atoms with Gasteiger partial charge in [-0.2, -0.15) is 0 Å². The average molecular weight is 251 g/mol. The van der Waals surface area contributed by atoms with Crippen molar-refractivity contribution in [3.63, 3.8) is 0 Å². The van der Waals surface area contributed by atoms with Gasteiger partial charge in [0.1, 0.15) is 11.9 Å². The second-order valence-corrected chi connectivity index (χ2v) is 5.31. The second-order valence-electron chi connectivity index (χ2n) is 5.31. The summed E-state index contributed by atoms with van der Waals surface area (Å²) in [5, 5.41) is 9.06. The lowest BCUT2D eigenvalue weighted by atomic mass is 10.1. The van der Waals surface area contributed by atoms with Crippen LogP contribution in [0, 0.1) is 0 Å². The first-order chi connectivity index (χ1) is 8.41. The molecule has 1 aromatic heterocycles. The molecule has 1 aromatic rings. The third-order valence-electron chi connectivity index (χ3n) is 3.74. The van der Waals surface area contributed by atoms with Gasteiger partial charge in [0.25, 0.3) is 0 Å². The van der Waals surface area contributed by atoms with Crippen molar-refractivity contribution < 1.29 is 9.90 Å². The van der Waals surface area contributed by atoms with E-state index in [4.69, 9.17) is 5.11 Å². The van der Waals surface area contributed by atoms with Gasteiger partial charge in [0.15, 0.2) is 0 Å². The van der Waals surface area contributed by atoms with E-state index in [-0.39, 0.29) is 0 Å². The van der Waals surface area contributed by atoms with E-state index in [1.54, 1.807) is 6.92 Å². The van der Waals surface area contributed by atoms with Crippen LogP contribution in [-0.4, -0.2) is 38.1 Å². The summed E-state index contributed by atoms with van der Waals surface area (Å²) in [5.74, 6) is 0.717. The number of hydrogen-bond donors (Lipinski definition) is 1. The van der Waals surface area contributed by atoms with Crippen LogP contribution in [0.2, 0.25) is 0 Å². The highest BCUT2D eigenvalue weighted by Crippen LogP contribution is 2.24. The Morgan fingerprint density at radius 2 is 2.06 bits per heavy atom. The zero-order valence-corrected chi connectivity index (χ0v) is 11.5. The van der Waals surface area contributed by atoms with Crippen molar-refractivity contribution in [3.8, 4) is 0 Å². The SMILES string of the molecule is CC(C)c1nc2c(n1C)CCN(C(C)C(=O)O)C2. The van der Waals surface area contributed by atoms with Gasteiger partial charge < -0.3 is 9.67 Å². The third kappa shape index (κ3) is 2.14. The molecule has 5 heteroatoms. The number of aliphatic carboxylic acids is 1. The van der Waals surface area contributed by atoms with Crippen molar-refractivity contribution in [2.75, 3.05) is 6.54 Å². The van der Waals surface area contributed by atoms with Crippen LogP contribution >= 0.6 is 0 Å². The quantitative estimate of drug-likeness (QED) is 0.881. The molecule has 0 amide bonds. The number of nitrogens with zero attached hydrogens (tertiary/aromatic N) is 3. The minimum Gasteiger partial charge on any atom is -0.480 e. The maximum absolute atomic E-state index is 11.0. The van der Waals surface area contributed by atoms with Crippen LogP contribution in [-0.2, 0) is 24.8 Å². The minimum absolute atomic E-state index is 0.394. The predicted molar refractivity (Wildman–Crippen MR) is 68.5 cm³/mol. The Bertz CT molecular complexity index is 465. The van der Waals surface area contributed by atoms with Gasteiger partial charge in [-0.25, -0.2) is 4.98 Å². The lowest BCUT2D eigenvalue weighted by Crippen LogP contribution is -2.42. The Hall–Kier alpha value is -1.36. The first-order valence-electron chi connectivity index (χ1n) is 6.43. The van der Waals surface area contributed by atoms with E-state index in [1.165, 1.54) is 5.69 Å². The van der Waals surface area contributed by atoms with Gasteiger partial charge in [-0.3, -0.25) is 9.69 Å². The number of hydrogen-bond acceptors (Lipinski definition) is 3. The zero-order chi connectivity index (χ0) is 13.4. The van der Waals surface area contributed by atoms with Crippen molar-refractivity contribution >= 4 is 5.97 Å². The fourth-order valence-electron chi connectivity index (χ4n) is 2.57. The number of carboxylic acids is 1. The van der Waals surface area contributed by atoms with Gasteiger partial charge in [-0.15, -0.1) is 0 Å². The number of fused-ring (bicyclic) bond motifs is 1. The lowest BCUT2D eigenvalue weighted by molar-refractivity contribution is -0.143. The summed E-state index contributed by atoms with van der Waals surface area (Å²) in [7, 11) is 2.05. The Kier molecular flexibility index (Phi) is 3.43. The Labute approximate surface area is 107 Å². The summed E-state index contributed by atoms with van der Waals surface area (Å²) in [6.45, 7) is 7.43. The molecular weight excluding hydrogens is 230 g/mol. The first kappa shape index (κ1) is 13.1. The van der Waals surface area contributed by atoms with Crippen molar-refractivity contribution in [3.05, 3.63) is 17.2 Å². The molecule has 18 heavy (non-hydrogen) atoms. The summed E-state index contributed by atoms with van der Waals surface area (Å²) >= 11 is 0. The van der Waals surface area contributed by atoms with E-state index in [0.29, 0.717) is 12.5 Å². The molecule has 0 spiro atoms. The Morgan fingerprint density at radius 1 is 1.39 bits per heavy atom. The van der Waals surface area contributed by atoms with Crippen molar-refractivity contribution in [1.82, 2.24) is 14.5 Å². The number of rotatable bonds is 3. The largest absolute Gasteiger partial charge is 0.480 e. The van der Waals surface area contributed by atoms with E-state index in [2.05, 4.69) is 30.4 Å². The molecule has 0 saturated carbocycles. The van der Waals surface area contributed by atoms with E-state index < -0.39 is 12.0 Å².